The number of nitrogens with zero attached hydrogens (tertiary/aromatic N) is 3. The molecule has 0 saturated carbocycles. The number of rotatable bonds is 5. The van der Waals surface area contributed by atoms with E-state index in [9.17, 15) is 14.9 Å². The first-order valence-electron chi connectivity index (χ1n) is 8.30. The highest BCUT2D eigenvalue weighted by Gasteiger charge is 2.24. The van der Waals surface area contributed by atoms with Gasteiger partial charge in [-0.05, 0) is 38.0 Å². The van der Waals surface area contributed by atoms with Crippen LogP contribution in [0.15, 0.2) is 34.7 Å². The fourth-order valence-corrected chi connectivity index (χ4v) is 3.12. The van der Waals surface area contributed by atoms with E-state index in [1.54, 1.807) is 13.1 Å². The minimum Gasteiger partial charge on any atom is -0.464 e. The quantitative estimate of drug-likeness (QED) is 0.614. The van der Waals surface area contributed by atoms with Crippen LogP contribution in [-0.2, 0) is 6.54 Å². The Kier molecular flexibility index (Phi) is 4.74. The first kappa shape index (κ1) is 17.0. The second kappa shape index (κ2) is 6.96. The number of benzene rings is 1. The van der Waals surface area contributed by atoms with Gasteiger partial charge >= 0.3 is 0 Å². The van der Waals surface area contributed by atoms with Crippen LogP contribution in [0.25, 0.3) is 0 Å². The number of anilines is 1. The smallest absolute Gasteiger partial charge is 0.270 e. The van der Waals surface area contributed by atoms with E-state index in [1.165, 1.54) is 17.0 Å². The molecular weight excluding hydrogens is 322 g/mol. The average molecular weight is 343 g/mol. The van der Waals surface area contributed by atoms with E-state index >= 15 is 0 Å². The Labute approximate surface area is 146 Å². The Hall–Kier alpha value is -2.83. The molecule has 0 bridgehead atoms. The van der Waals surface area contributed by atoms with Crippen molar-refractivity contribution in [2.75, 3.05) is 25.0 Å². The molecule has 3 rings (SSSR count). The van der Waals surface area contributed by atoms with Gasteiger partial charge in [-0.25, -0.2) is 0 Å². The molecule has 0 aliphatic carbocycles. The summed E-state index contributed by atoms with van der Waals surface area (Å²) < 4.78 is 5.52. The van der Waals surface area contributed by atoms with Crippen molar-refractivity contribution < 1.29 is 14.1 Å². The summed E-state index contributed by atoms with van der Waals surface area (Å²) in [5.74, 6) is 1.21. The lowest BCUT2D eigenvalue weighted by Crippen LogP contribution is -2.29. The number of carbonyl (C=O) groups is 1. The van der Waals surface area contributed by atoms with Gasteiger partial charge in [0.1, 0.15) is 11.5 Å². The predicted octanol–water partition coefficient (Wildman–Crippen LogP) is 3.37. The number of aryl methyl sites for hydroxylation is 1. The zero-order valence-corrected chi connectivity index (χ0v) is 14.4. The van der Waals surface area contributed by atoms with Gasteiger partial charge in [0.2, 0.25) is 0 Å². The van der Waals surface area contributed by atoms with Crippen LogP contribution in [0.1, 0.15) is 34.7 Å². The van der Waals surface area contributed by atoms with Gasteiger partial charge < -0.3 is 14.2 Å². The molecule has 25 heavy (non-hydrogen) atoms. The maximum Gasteiger partial charge on any atom is 0.270 e. The summed E-state index contributed by atoms with van der Waals surface area (Å²) in [5.41, 5.74) is 1.05. The van der Waals surface area contributed by atoms with Crippen molar-refractivity contribution in [1.29, 1.82) is 0 Å². The van der Waals surface area contributed by atoms with Gasteiger partial charge in [-0.1, -0.05) is 0 Å². The van der Waals surface area contributed by atoms with Crippen molar-refractivity contribution in [2.24, 2.45) is 0 Å². The molecule has 132 valence electrons. The van der Waals surface area contributed by atoms with E-state index in [2.05, 4.69) is 4.90 Å². The van der Waals surface area contributed by atoms with Gasteiger partial charge in [0.05, 0.1) is 22.7 Å². The van der Waals surface area contributed by atoms with Gasteiger partial charge in [0.15, 0.2) is 0 Å². The van der Waals surface area contributed by atoms with Gasteiger partial charge in [-0.15, -0.1) is 0 Å². The van der Waals surface area contributed by atoms with Crippen LogP contribution in [0.4, 0.5) is 11.4 Å². The normalized spacial score (nSPS) is 13.9. The third kappa shape index (κ3) is 3.65. The summed E-state index contributed by atoms with van der Waals surface area (Å²) in [6.45, 7) is 3.88. The van der Waals surface area contributed by atoms with E-state index in [1.807, 2.05) is 19.1 Å². The van der Waals surface area contributed by atoms with Crippen LogP contribution in [-0.4, -0.2) is 35.9 Å². The highest BCUT2D eigenvalue weighted by Crippen LogP contribution is 2.29. The number of non-ortho nitro benzene ring substituents is 1. The minimum atomic E-state index is -0.472. The molecule has 1 aliphatic heterocycles. The Bertz CT molecular complexity index is 793. The SMILES string of the molecule is Cc1ccc(CN(C)C(=O)c2cc([N+](=O)[O-])ccc2N2CCCC2)o1. The lowest BCUT2D eigenvalue weighted by Gasteiger charge is -2.23. The number of carbonyl (C=O) groups excluding carboxylic acids is 1. The summed E-state index contributed by atoms with van der Waals surface area (Å²) in [5, 5.41) is 11.1. The van der Waals surface area contributed by atoms with Gasteiger partial charge in [0, 0.05) is 32.3 Å². The third-order valence-corrected chi connectivity index (χ3v) is 4.40. The summed E-state index contributed by atoms with van der Waals surface area (Å²) in [6, 6.07) is 8.19. The monoisotopic (exact) mass is 343 g/mol. The van der Waals surface area contributed by atoms with Crippen LogP contribution in [0, 0.1) is 17.0 Å². The van der Waals surface area contributed by atoms with Crippen molar-refractivity contribution in [2.45, 2.75) is 26.3 Å². The predicted molar refractivity (Wildman–Crippen MR) is 93.8 cm³/mol. The van der Waals surface area contributed by atoms with Gasteiger partial charge in [-0.3, -0.25) is 14.9 Å². The topological polar surface area (TPSA) is 79.8 Å². The highest BCUT2D eigenvalue weighted by atomic mass is 16.6. The highest BCUT2D eigenvalue weighted by molar-refractivity contribution is 6.00. The number of hydrogen-bond donors (Lipinski definition) is 0. The Morgan fingerprint density at radius 3 is 2.60 bits per heavy atom. The molecule has 1 aliphatic rings. The standard InChI is InChI=1S/C18H21N3O4/c1-13-5-7-15(25-13)12-19(2)18(22)16-11-14(21(23)24)6-8-17(16)20-9-3-4-10-20/h5-8,11H,3-4,9-10,12H2,1-2H3. The fourth-order valence-electron chi connectivity index (χ4n) is 3.12. The van der Waals surface area contributed by atoms with Crippen molar-refractivity contribution in [3.63, 3.8) is 0 Å². The van der Waals surface area contributed by atoms with E-state index in [4.69, 9.17) is 4.42 Å². The number of nitro groups is 1. The van der Waals surface area contributed by atoms with Crippen LogP contribution >= 0.6 is 0 Å². The first-order valence-corrected chi connectivity index (χ1v) is 8.30. The van der Waals surface area contributed by atoms with Crippen LogP contribution in [0.2, 0.25) is 0 Å². The second-order valence-corrected chi connectivity index (χ2v) is 6.33. The number of amides is 1. The van der Waals surface area contributed by atoms with Crippen molar-refractivity contribution in [3.8, 4) is 0 Å². The second-order valence-electron chi connectivity index (χ2n) is 6.33. The molecule has 0 N–H and O–H groups in total. The molecule has 1 aromatic heterocycles. The number of nitro benzene ring substituents is 1. The Balaban J connectivity index is 1.90. The van der Waals surface area contributed by atoms with E-state index in [-0.39, 0.29) is 11.6 Å². The largest absolute Gasteiger partial charge is 0.464 e. The molecule has 0 spiro atoms. The maximum atomic E-state index is 12.9. The summed E-state index contributed by atoms with van der Waals surface area (Å²) in [7, 11) is 1.67. The molecular formula is C18H21N3O4. The molecule has 1 saturated heterocycles. The van der Waals surface area contributed by atoms with Crippen LogP contribution in [0.5, 0.6) is 0 Å². The molecule has 0 unspecified atom stereocenters. The van der Waals surface area contributed by atoms with Gasteiger partial charge in [-0.2, -0.15) is 0 Å². The van der Waals surface area contributed by atoms with E-state index < -0.39 is 4.92 Å². The molecule has 1 fully saturated rings. The molecule has 2 aromatic rings. The number of furan rings is 1. The Morgan fingerprint density at radius 1 is 1.28 bits per heavy atom. The molecule has 1 amide bonds. The molecule has 7 nitrogen and oxygen atoms in total. The molecule has 7 heteroatoms. The molecule has 0 radical (unpaired) electrons. The lowest BCUT2D eigenvalue weighted by atomic mass is 10.1. The van der Waals surface area contributed by atoms with Crippen molar-refractivity contribution in [1.82, 2.24) is 4.90 Å². The lowest BCUT2D eigenvalue weighted by molar-refractivity contribution is -0.384. The van der Waals surface area contributed by atoms with Crippen LogP contribution in [0.3, 0.4) is 0 Å². The first-order chi connectivity index (χ1) is 12.0. The minimum absolute atomic E-state index is 0.0754. The average Bonchev–Trinajstić information content (AvgIpc) is 3.25. The van der Waals surface area contributed by atoms with E-state index in [0.717, 1.165) is 37.4 Å². The third-order valence-electron chi connectivity index (χ3n) is 4.40. The summed E-state index contributed by atoms with van der Waals surface area (Å²) in [6.07, 6.45) is 2.12. The van der Waals surface area contributed by atoms with Crippen molar-refractivity contribution >= 4 is 17.3 Å². The van der Waals surface area contributed by atoms with Crippen molar-refractivity contribution in [3.05, 3.63) is 57.5 Å². The molecule has 0 atom stereocenters. The zero-order valence-electron chi connectivity index (χ0n) is 14.4. The zero-order chi connectivity index (χ0) is 18.0. The summed E-state index contributed by atoms with van der Waals surface area (Å²) in [4.78, 5) is 27.2. The van der Waals surface area contributed by atoms with Crippen LogP contribution < -0.4 is 4.90 Å². The summed E-state index contributed by atoms with van der Waals surface area (Å²) >= 11 is 0. The molecule has 2 heterocycles. The molecule has 1 aromatic carbocycles. The van der Waals surface area contributed by atoms with Gasteiger partial charge in [0.25, 0.3) is 11.6 Å². The Morgan fingerprint density at radius 2 is 2.00 bits per heavy atom. The maximum absolute atomic E-state index is 12.9. The fraction of sp³-hybridized carbons (Fsp3) is 0.389. The number of hydrogen-bond acceptors (Lipinski definition) is 5. The van der Waals surface area contributed by atoms with E-state index in [0.29, 0.717) is 17.9 Å².